The van der Waals surface area contributed by atoms with Gasteiger partial charge in [0, 0.05) is 12.4 Å². The van der Waals surface area contributed by atoms with Gasteiger partial charge in [0.25, 0.3) is 0 Å². The highest BCUT2D eigenvalue weighted by molar-refractivity contribution is 5.73. The van der Waals surface area contributed by atoms with Crippen LogP contribution in [0, 0.1) is 6.92 Å². The second kappa shape index (κ2) is 6.92. The first-order valence-corrected chi connectivity index (χ1v) is 8.12. The molecule has 1 aliphatic heterocycles. The summed E-state index contributed by atoms with van der Waals surface area (Å²) >= 11 is 0. The Hall–Kier alpha value is -2.20. The van der Waals surface area contributed by atoms with Gasteiger partial charge in [-0.2, -0.15) is 0 Å². The second-order valence-corrected chi connectivity index (χ2v) is 6.18. The van der Waals surface area contributed by atoms with Crippen LogP contribution in [0.15, 0.2) is 48.8 Å². The van der Waals surface area contributed by atoms with E-state index >= 15 is 0 Å². The van der Waals surface area contributed by atoms with Gasteiger partial charge in [0.1, 0.15) is 6.04 Å². The summed E-state index contributed by atoms with van der Waals surface area (Å²) in [5.41, 5.74) is 3.43. The van der Waals surface area contributed by atoms with Crippen molar-refractivity contribution in [3.05, 3.63) is 65.5 Å². The Balaban J connectivity index is 2.04. The lowest BCUT2D eigenvalue weighted by molar-refractivity contribution is -0.145. The Morgan fingerprint density at radius 1 is 1.13 bits per heavy atom. The highest BCUT2D eigenvalue weighted by atomic mass is 16.4. The SMILES string of the molecule is Cc1ccc(C(c2ccncc2)N2CCCCC2C(=O)O)cc1. The van der Waals surface area contributed by atoms with E-state index in [0.29, 0.717) is 6.42 Å². The maximum Gasteiger partial charge on any atom is 0.320 e. The second-order valence-electron chi connectivity index (χ2n) is 6.18. The van der Waals surface area contributed by atoms with Gasteiger partial charge in [0.05, 0.1) is 6.04 Å². The zero-order chi connectivity index (χ0) is 16.2. The van der Waals surface area contributed by atoms with E-state index in [1.807, 2.05) is 12.1 Å². The number of hydrogen-bond donors (Lipinski definition) is 1. The van der Waals surface area contributed by atoms with Crippen LogP contribution in [0.5, 0.6) is 0 Å². The van der Waals surface area contributed by atoms with Crippen LogP contribution in [0.3, 0.4) is 0 Å². The zero-order valence-corrected chi connectivity index (χ0v) is 13.4. The Kier molecular flexibility index (Phi) is 4.72. The van der Waals surface area contributed by atoms with Crippen molar-refractivity contribution in [1.29, 1.82) is 0 Å². The lowest BCUT2D eigenvalue weighted by atomic mass is 9.92. The third kappa shape index (κ3) is 3.42. The van der Waals surface area contributed by atoms with E-state index in [0.717, 1.165) is 30.5 Å². The minimum absolute atomic E-state index is 0.0417. The number of piperidine rings is 1. The summed E-state index contributed by atoms with van der Waals surface area (Å²) in [4.78, 5) is 18.0. The predicted octanol–water partition coefficient (Wildman–Crippen LogP) is 3.42. The Morgan fingerprint density at radius 2 is 1.78 bits per heavy atom. The maximum atomic E-state index is 11.7. The van der Waals surface area contributed by atoms with E-state index in [2.05, 4.69) is 41.1 Å². The molecule has 2 unspecified atom stereocenters. The van der Waals surface area contributed by atoms with Crippen LogP contribution in [-0.4, -0.2) is 33.5 Å². The number of pyridine rings is 1. The molecule has 2 atom stereocenters. The van der Waals surface area contributed by atoms with Crippen LogP contribution in [0.2, 0.25) is 0 Å². The normalized spacial score (nSPS) is 20.1. The average Bonchev–Trinajstić information content (AvgIpc) is 2.58. The van der Waals surface area contributed by atoms with Crippen LogP contribution in [0.25, 0.3) is 0 Å². The third-order valence-corrected chi connectivity index (χ3v) is 4.58. The Bertz CT molecular complexity index is 655. The molecule has 1 N–H and O–H groups in total. The Labute approximate surface area is 136 Å². The van der Waals surface area contributed by atoms with E-state index in [9.17, 15) is 9.90 Å². The molecule has 2 aromatic rings. The first-order valence-electron chi connectivity index (χ1n) is 8.12. The lowest BCUT2D eigenvalue weighted by Crippen LogP contribution is -2.46. The maximum absolute atomic E-state index is 11.7. The van der Waals surface area contributed by atoms with Crippen LogP contribution >= 0.6 is 0 Å². The number of carbonyl (C=O) groups is 1. The monoisotopic (exact) mass is 310 g/mol. The molecular weight excluding hydrogens is 288 g/mol. The molecule has 0 aliphatic carbocycles. The van der Waals surface area contributed by atoms with Gasteiger partial charge in [-0.15, -0.1) is 0 Å². The van der Waals surface area contributed by atoms with E-state index in [4.69, 9.17) is 0 Å². The fourth-order valence-electron chi connectivity index (χ4n) is 3.40. The molecule has 2 heterocycles. The van der Waals surface area contributed by atoms with E-state index < -0.39 is 12.0 Å². The lowest BCUT2D eigenvalue weighted by Gasteiger charge is -2.39. The smallest absolute Gasteiger partial charge is 0.320 e. The molecule has 120 valence electrons. The summed E-state index contributed by atoms with van der Waals surface area (Å²) in [6.45, 7) is 2.87. The fraction of sp³-hybridized carbons (Fsp3) is 0.368. The summed E-state index contributed by atoms with van der Waals surface area (Å²) in [5, 5.41) is 9.64. The van der Waals surface area contributed by atoms with Crippen molar-refractivity contribution in [3.63, 3.8) is 0 Å². The molecule has 0 amide bonds. The van der Waals surface area contributed by atoms with Crippen LogP contribution in [0.1, 0.15) is 42.0 Å². The molecule has 1 fully saturated rings. The average molecular weight is 310 g/mol. The molecule has 0 radical (unpaired) electrons. The van der Waals surface area contributed by atoms with Crippen molar-refractivity contribution in [3.8, 4) is 0 Å². The molecule has 1 aliphatic rings. The van der Waals surface area contributed by atoms with Gasteiger partial charge < -0.3 is 5.11 Å². The number of nitrogens with zero attached hydrogens (tertiary/aromatic N) is 2. The van der Waals surface area contributed by atoms with Gasteiger partial charge in [0.15, 0.2) is 0 Å². The number of hydrogen-bond acceptors (Lipinski definition) is 3. The minimum Gasteiger partial charge on any atom is -0.480 e. The number of rotatable bonds is 4. The van der Waals surface area contributed by atoms with Crippen molar-refractivity contribution >= 4 is 5.97 Å². The number of likely N-dealkylation sites (tertiary alicyclic amines) is 1. The van der Waals surface area contributed by atoms with Crippen LogP contribution in [0.4, 0.5) is 0 Å². The predicted molar refractivity (Wildman–Crippen MR) is 89.2 cm³/mol. The van der Waals surface area contributed by atoms with E-state index in [1.54, 1.807) is 12.4 Å². The summed E-state index contributed by atoms with van der Waals surface area (Å²) in [5.74, 6) is -0.726. The van der Waals surface area contributed by atoms with Crippen molar-refractivity contribution < 1.29 is 9.90 Å². The molecule has 4 nitrogen and oxygen atoms in total. The Morgan fingerprint density at radius 3 is 2.43 bits per heavy atom. The van der Waals surface area contributed by atoms with E-state index in [1.165, 1.54) is 5.56 Å². The molecule has 0 bridgehead atoms. The van der Waals surface area contributed by atoms with Crippen LogP contribution in [-0.2, 0) is 4.79 Å². The van der Waals surface area contributed by atoms with Gasteiger partial charge in [-0.05, 0) is 49.6 Å². The number of aliphatic carboxylic acids is 1. The molecule has 1 aromatic carbocycles. The summed E-state index contributed by atoms with van der Waals surface area (Å²) < 4.78 is 0. The molecule has 1 aromatic heterocycles. The molecule has 0 spiro atoms. The summed E-state index contributed by atoms with van der Waals surface area (Å²) in [6, 6.07) is 11.9. The molecular formula is C19H22N2O2. The topological polar surface area (TPSA) is 53.4 Å². The summed E-state index contributed by atoms with van der Waals surface area (Å²) in [6.07, 6.45) is 6.27. The van der Waals surface area contributed by atoms with Crippen molar-refractivity contribution in [2.24, 2.45) is 0 Å². The highest BCUT2D eigenvalue weighted by Crippen LogP contribution is 2.34. The highest BCUT2D eigenvalue weighted by Gasteiger charge is 2.34. The first-order chi connectivity index (χ1) is 11.2. The molecule has 23 heavy (non-hydrogen) atoms. The largest absolute Gasteiger partial charge is 0.480 e. The number of carboxylic acids is 1. The van der Waals surface area contributed by atoms with Gasteiger partial charge >= 0.3 is 5.97 Å². The van der Waals surface area contributed by atoms with Gasteiger partial charge in [-0.1, -0.05) is 36.2 Å². The molecule has 0 saturated carbocycles. The van der Waals surface area contributed by atoms with Crippen molar-refractivity contribution in [2.45, 2.75) is 38.3 Å². The molecule has 1 saturated heterocycles. The van der Waals surface area contributed by atoms with E-state index in [-0.39, 0.29) is 6.04 Å². The quantitative estimate of drug-likeness (QED) is 0.940. The number of carboxylic acid groups (broad SMARTS) is 1. The molecule has 3 rings (SSSR count). The zero-order valence-electron chi connectivity index (χ0n) is 13.4. The van der Waals surface area contributed by atoms with Gasteiger partial charge in [-0.25, -0.2) is 0 Å². The molecule has 4 heteroatoms. The van der Waals surface area contributed by atoms with Crippen molar-refractivity contribution in [1.82, 2.24) is 9.88 Å². The van der Waals surface area contributed by atoms with Gasteiger partial charge in [-0.3, -0.25) is 14.7 Å². The van der Waals surface area contributed by atoms with Crippen molar-refractivity contribution in [2.75, 3.05) is 6.54 Å². The first kappa shape index (κ1) is 15.7. The van der Waals surface area contributed by atoms with Crippen LogP contribution < -0.4 is 0 Å². The number of aryl methyl sites for hydroxylation is 1. The third-order valence-electron chi connectivity index (χ3n) is 4.58. The number of aromatic nitrogens is 1. The standard InChI is InChI=1S/C19H22N2O2/c1-14-5-7-15(8-6-14)18(16-9-11-20-12-10-16)21-13-3-2-4-17(21)19(22)23/h5-12,17-18H,2-4,13H2,1H3,(H,22,23). The van der Waals surface area contributed by atoms with Gasteiger partial charge in [0.2, 0.25) is 0 Å². The number of benzene rings is 1. The summed E-state index contributed by atoms with van der Waals surface area (Å²) in [7, 11) is 0. The minimum atomic E-state index is -0.726. The fourth-order valence-corrected chi connectivity index (χ4v) is 3.40.